The summed E-state index contributed by atoms with van der Waals surface area (Å²) in [5.74, 6) is 1.14. The minimum atomic E-state index is 0.536. The number of aromatic nitrogens is 1. The molecule has 116 valence electrons. The van der Waals surface area contributed by atoms with Gasteiger partial charge in [-0.05, 0) is 62.5 Å². The zero-order valence-corrected chi connectivity index (χ0v) is 13.6. The molecular formula is C18H29N3. The van der Waals surface area contributed by atoms with Crippen molar-refractivity contribution in [2.75, 3.05) is 23.3 Å². The third kappa shape index (κ3) is 3.90. The molecule has 0 amide bonds. The van der Waals surface area contributed by atoms with Gasteiger partial charge in [-0.2, -0.15) is 0 Å². The molecule has 3 nitrogen and oxygen atoms in total. The van der Waals surface area contributed by atoms with Gasteiger partial charge in [0.15, 0.2) is 0 Å². The maximum Gasteiger partial charge on any atom is 0.128 e. The Kier molecular flexibility index (Phi) is 4.37. The van der Waals surface area contributed by atoms with E-state index >= 15 is 0 Å². The van der Waals surface area contributed by atoms with Crippen LogP contribution >= 0.6 is 0 Å². The summed E-state index contributed by atoms with van der Waals surface area (Å²) < 4.78 is 0. The van der Waals surface area contributed by atoms with Crippen molar-refractivity contribution >= 4 is 11.5 Å². The Morgan fingerprint density at radius 1 is 1.10 bits per heavy atom. The summed E-state index contributed by atoms with van der Waals surface area (Å²) in [5, 5.41) is 3.67. The Labute approximate surface area is 129 Å². The minimum Gasteiger partial charge on any atom is -0.381 e. The van der Waals surface area contributed by atoms with Gasteiger partial charge in [0.05, 0.1) is 11.9 Å². The highest BCUT2D eigenvalue weighted by Crippen LogP contribution is 2.36. The van der Waals surface area contributed by atoms with Crippen LogP contribution in [0, 0.1) is 5.41 Å². The molecule has 1 aliphatic heterocycles. The Bertz CT molecular complexity index is 436. The van der Waals surface area contributed by atoms with Crippen molar-refractivity contribution in [1.82, 2.24) is 4.98 Å². The number of nitrogens with one attached hydrogen (secondary N) is 1. The fraction of sp³-hybridized carbons (Fsp3) is 0.722. The lowest BCUT2D eigenvalue weighted by Gasteiger charge is -2.35. The standard InChI is InChI=1S/C18H29N3/c1-18(2)10-8-15(9-11-18)20-16-6-7-17(19-14-16)21-12-4-3-5-13-21/h6-7,14-15,20H,3-5,8-13H2,1-2H3. The van der Waals surface area contributed by atoms with Crippen molar-refractivity contribution < 1.29 is 0 Å². The Morgan fingerprint density at radius 2 is 1.81 bits per heavy atom. The summed E-state index contributed by atoms with van der Waals surface area (Å²) in [6.07, 6.45) is 11.2. The van der Waals surface area contributed by atoms with Crippen molar-refractivity contribution in [1.29, 1.82) is 0 Å². The van der Waals surface area contributed by atoms with Crippen molar-refractivity contribution in [3.63, 3.8) is 0 Å². The molecule has 0 bridgehead atoms. The van der Waals surface area contributed by atoms with Crippen LogP contribution in [-0.4, -0.2) is 24.1 Å². The second-order valence-corrected chi connectivity index (χ2v) is 7.54. The van der Waals surface area contributed by atoms with Gasteiger partial charge in [0.1, 0.15) is 5.82 Å². The highest BCUT2D eigenvalue weighted by atomic mass is 15.2. The Morgan fingerprint density at radius 3 is 2.43 bits per heavy atom. The van der Waals surface area contributed by atoms with E-state index < -0.39 is 0 Å². The summed E-state index contributed by atoms with van der Waals surface area (Å²) in [6.45, 7) is 7.10. The molecule has 2 aliphatic rings. The Hall–Kier alpha value is -1.25. The van der Waals surface area contributed by atoms with E-state index in [1.54, 1.807) is 0 Å². The molecule has 21 heavy (non-hydrogen) atoms. The molecule has 2 heterocycles. The third-order valence-electron chi connectivity index (χ3n) is 5.14. The van der Waals surface area contributed by atoms with Gasteiger partial charge in [-0.3, -0.25) is 0 Å². The molecule has 0 aromatic carbocycles. The van der Waals surface area contributed by atoms with E-state index in [1.807, 2.05) is 6.20 Å². The number of pyridine rings is 1. The molecule has 0 spiro atoms. The molecule has 1 aromatic rings. The van der Waals surface area contributed by atoms with Crippen molar-refractivity contribution in [3.8, 4) is 0 Å². The minimum absolute atomic E-state index is 0.536. The number of anilines is 2. The lowest BCUT2D eigenvalue weighted by atomic mass is 9.75. The molecule has 1 N–H and O–H groups in total. The first-order valence-electron chi connectivity index (χ1n) is 8.60. The van der Waals surface area contributed by atoms with Crippen molar-refractivity contribution in [2.45, 2.75) is 64.8 Å². The average Bonchev–Trinajstić information content (AvgIpc) is 2.51. The Balaban J connectivity index is 1.55. The lowest BCUT2D eigenvalue weighted by Crippen LogP contribution is -2.31. The van der Waals surface area contributed by atoms with E-state index in [9.17, 15) is 0 Å². The normalized spacial score (nSPS) is 23.0. The smallest absolute Gasteiger partial charge is 0.128 e. The summed E-state index contributed by atoms with van der Waals surface area (Å²) in [5.41, 5.74) is 1.72. The number of hydrogen-bond acceptors (Lipinski definition) is 3. The van der Waals surface area contributed by atoms with Gasteiger partial charge in [-0.25, -0.2) is 4.98 Å². The number of hydrogen-bond donors (Lipinski definition) is 1. The van der Waals surface area contributed by atoms with Gasteiger partial charge in [0, 0.05) is 19.1 Å². The lowest BCUT2D eigenvalue weighted by molar-refractivity contribution is 0.232. The van der Waals surface area contributed by atoms with Crippen LogP contribution in [0.3, 0.4) is 0 Å². The molecule has 0 radical (unpaired) electrons. The van der Waals surface area contributed by atoms with E-state index in [4.69, 9.17) is 0 Å². The molecule has 0 unspecified atom stereocenters. The summed E-state index contributed by atoms with van der Waals surface area (Å²) in [6, 6.07) is 5.01. The first-order chi connectivity index (χ1) is 10.1. The van der Waals surface area contributed by atoms with Gasteiger partial charge in [0.2, 0.25) is 0 Å². The van der Waals surface area contributed by atoms with E-state index in [0.29, 0.717) is 11.5 Å². The van der Waals surface area contributed by atoms with Crippen LogP contribution in [0.15, 0.2) is 18.3 Å². The number of rotatable bonds is 3. The molecule has 2 fully saturated rings. The first-order valence-corrected chi connectivity index (χ1v) is 8.60. The first kappa shape index (κ1) is 14.7. The van der Waals surface area contributed by atoms with Crippen LogP contribution < -0.4 is 10.2 Å². The second kappa shape index (κ2) is 6.25. The van der Waals surface area contributed by atoms with E-state index in [1.165, 1.54) is 50.6 Å². The van der Waals surface area contributed by atoms with Gasteiger partial charge >= 0.3 is 0 Å². The molecule has 3 heteroatoms. The van der Waals surface area contributed by atoms with Crippen LogP contribution in [0.2, 0.25) is 0 Å². The topological polar surface area (TPSA) is 28.2 Å². The summed E-state index contributed by atoms with van der Waals surface area (Å²) >= 11 is 0. The van der Waals surface area contributed by atoms with Crippen LogP contribution in [0.5, 0.6) is 0 Å². The molecule has 0 atom stereocenters. The van der Waals surface area contributed by atoms with Crippen LogP contribution in [0.25, 0.3) is 0 Å². The fourth-order valence-corrected chi connectivity index (χ4v) is 3.56. The van der Waals surface area contributed by atoms with E-state index in [2.05, 4.69) is 41.2 Å². The molecule has 3 rings (SSSR count). The summed E-state index contributed by atoms with van der Waals surface area (Å²) in [7, 11) is 0. The maximum absolute atomic E-state index is 4.66. The van der Waals surface area contributed by atoms with Crippen LogP contribution in [0.4, 0.5) is 11.5 Å². The van der Waals surface area contributed by atoms with Crippen LogP contribution in [-0.2, 0) is 0 Å². The fourth-order valence-electron chi connectivity index (χ4n) is 3.56. The molecule has 1 aliphatic carbocycles. The summed E-state index contributed by atoms with van der Waals surface area (Å²) in [4.78, 5) is 7.07. The van der Waals surface area contributed by atoms with Gasteiger partial charge in [-0.1, -0.05) is 13.8 Å². The number of nitrogens with zero attached hydrogens (tertiary/aromatic N) is 2. The zero-order chi connectivity index (χ0) is 14.7. The van der Waals surface area contributed by atoms with E-state index in [0.717, 1.165) is 18.9 Å². The largest absolute Gasteiger partial charge is 0.381 e. The average molecular weight is 287 g/mol. The quantitative estimate of drug-likeness (QED) is 0.890. The zero-order valence-electron chi connectivity index (χ0n) is 13.6. The third-order valence-corrected chi connectivity index (χ3v) is 5.14. The van der Waals surface area contributed by atoms with Crippen LogP contribution in [0.1, 0.15) is 58.8 Å². The van der Waals surface area contributed by atoms with Crippen molar-refractivity contribution in [3.05, 3.63) is 18.3 Å². The molecule has 1 saturated carbocycles. The second-order valence-electron chi connectivity index (χ2n) is 7.54. The number of piperidine rings is 1. The van der Waals surface area contributed by atoms with Gasteiger partial charge in [0.25, 0.3) is 0 Å². The molecular weight excluding hydrogens is 258 g/mol. The van der Waals surface area contributed by atoms with Crippen molar-refractivity contribution in [2.24, 2.45) is 5.41 Å². The van der Waals surface area contributed by atoms with E-state index in [-0.39, 0.29) is 0 Å². The SMILES string of the molecule is CC1(C)CCC(Nc2ccc(N3CCCCC3)nc2)CC1. The molecule has 1 aromatic heterocycles. The van der Waals surface area contributed by atoms with Gasteiger partial charge in [-0.15, -0.1) is 0 Å². The maximum atomic E-state index is 4.66. The highest BCUT2D eigenvalue weighted by Gasteiger charge is 2.26. The van der Waals surface area contributed by atoms with Gasteiger partial charge < -0.3 is 10.2 Å². The predicted octanol–water partition coefficient (Wildman–Crippen LogP) is 4.45. The molecule has 1 saturated heterocycles. The predicted molar refractivity (Wildman–Crippen MR) is 90.0 cm³/mol. The highest BCUT2D eigenvalue weighted by molar-refractivity contribution is 5.49. The monoisotopic (exact) mass is 287 g/mol.